The molecule has 0 spiro atoms. The van der Waals surface area contributed by atoms with Crippen LogP contribution in [0.1, 0.15) is 51.9 Å². The van der Waals surface area contributed by atoms with Gasteiger partial charge in [0.2, 0.25) is 10.0 Å². The van der Waals surface area contributed by atoms with Gasteiger partial charge in [-0.05, 0) is 39.2 Å². The fourth-order valence-corrected chi connectivity index (χ4v) is 5.94. The molecule has 1 atom stereocenters. The number of Topliss-reactive ketones (excluding diaryl/α,β-unsaturated/α-hetero) is 1. The summed E-state index contributed by atoms with van der Waals surface area (Å²) in [6.45, 7) is 7.22. The minimum absolute atomic E-state index is 0.0910. The monoisotopic (exact) mass is 397 g/mol. The number of carbonyl (C=O) groups is 2. The van der Waals surface area contributed by atoms with Gasteiger partial charge in [-0.2, -0.15) is 4.31 Å². The van der Waals surface area contributed by atoms with Gasteiger partial charge in [-0.1, -0.05) is 0 Å². The third-order valence-electron chi connectivity index (χ3n) is 5.42. The van der Waals surface area contributed by atoms with Gasteiger partial charge in [0.25, 0.3) is 5.91 Å². The van der Waals surface area contributed by atoms with Crippen LogP contribution in [-0.4, -0.2) is 78.9 Å². The largest absolute Gasteiger partial charge is 0.379 e. The van der Waals surface area contributed by atoms with Crippen molar-refractivity contribution in [2.75, 3.05) is 39.4 Å². The minimum Gasteiger partial charge on any atom is -0.379 e. The van der Waals surface area contributed by atoms with E-state index in [1.54, 1.807) is 18.7 Å². The molecule has 0 aliphatic carbocycles. The number of aromatic nitrogens is 1. The van der Waals surface area contributed by atoms with Gasteiger partial charge in [0.15, 0.2) is 5.78 Å². The summed E-state index contributed by atoms with van der Waals surface area (Å²) in [6, 6.07) is 0. The Morgan fingerprint density at radius 2 is 1.81 bits per heavy atom. The van der Waals surface area contributed by atoms with Crippen molar-refractivity contribution in [1.82, 2.24) is 14.2 Å². The number of hydrogen-bond acceptors (Lipinski definition) is 5. The van der Waals surface area contributed by atoms with Crippen LogP contribution < -0.4 is 0 Å². The molecule has 8 nitrogen and oxygen atoms in total. The summed E-state index contributed by atoms with van der Waals surface area (Å²) in [5.74, 6) is -0.336. The van der Waals surface area contributed by atoms with Gasteiger partial charge in [-0.25, -0.2) is 8.42 Å². The molecule has 2 aliphatic rings. The quantitative estimate of drug-likeness (QED) is 0.767. The predicted molar refractivity (Wildman–Crippen MR) is 101 cm³/mol. The molecule has 2 fully saturated rings. The van der Waals surface area contributed by atoms with E-state index in [-0.39, 0.29) is 18.2 Å². The number of ether oxygens (including phenoxy) is 1. The molecule has 1 aromatic heterocycles. The number of amides is 1. The second-order valence-electron chi connectivity index (χ2n) is 7.25. The lowest BCUT2D eigenvalue weighted by molar-refractivity contribution is 0.0682. The normalized spacial score (nSPS) is 22.0. The SMILES string of the molecule is CC(=O)c1c(C)[nH]c(C(=O)N2CCCC(S(=O)(=O)N3CCOCC3)C2)c1C. The van der Waals surface area contributed by atoms with E-state index in [1.807, 2.05) is 0 Å². The lowest BCUT2D eigenvalue weighted by Gasteiger charge is -2.36. The molecule has 1 aromatic rings. The number of carbonyl (C=O) groups excluding carboxylic acids is 2. The summed E-state index contributed by atoms with van der Waals surface area (Å²) in [4.78, 5) is 29.4. The molecule has 1 unspecified atom stereocenters. The van der Waals surface area contributed by atoms with Crippen LogP contribution in [0, 0.1) is 13.8 Å². The Labute approximate surface area is 159 Å². The van der Waals surface area contributed by atoms with Crippen LogP contribution in [0.3, 0.4) is 0 Å². The lowest BCUT2D eigenvalue weighted by Crippen LogP contribution is -2.52. The molecule has 0 radical (unpaired) electrons. The Kier molecular flexibility index (Phi) is 5.73. The smallest absolute Gasteiger partial charge is 0.270 e. The van der Waals surface area contributed by atoms with E-state index in [9.17, 15) is 18.0 Å². The number of sulfonamides is 1. The maximum atomic E-state index is 13.0. The predicted octanol–water partition coefficient (Wildman–Crippen LogP) is 1.10. The highest BCUT2D eigenvalue weighted by Crippen LogP contribution is 2.25. The molecule has 3 rings (SSSR count). The first-order valence-electron chi connectivity index (χ1n) is 9.29. The summed E-state index contributed by atoms with van der Waals surface area (Å²) in [7, 11) is -3.47. The second kappa shape index (κ2) is 7.73. The molecule has 27 heavy (non-hydrogen) atoms. The number of rotatable bonds is 4. The molecule has 1 amide bonds. The molecule has 0 aromatic carbocycles. The van der Waals surface area contributed by atoms with Crippen molar-refractivity contribution < 1.29 is 22.7 Å². The van der Waals surface area contributed by atoms with Crippen LogP contribution in [0.15, 0.2) is 0 Å². The standard InChI is InChI=1S/C18H27N3O5S/c1-12-16(14(3)22)13(2)19-17(12)18(23)20-6-4-5-15(11-20)27(24,25)21-7-9-26-10-8-21/h15,19H,4-11H2,1-3H3. The molecule has 1 N–H and O–H groups in total. The van der Waals surface area contributed by atoms with Gasteiger partial charge in [0, 0.05) is 37.4 Å². The highest BCUT2D eigenvalue weighted by Gasteiger charge is 2.38. The van der Waals surface area contributed by atoms with Crippen molar-refractivity contribution >= 4 is 21.7 Å². The summed E-state index contributed by atoms with van der Waals surface area (Å²) in [5.41, 5.74) is 2.20. The van der Waals surface area contributed by atoms with Crippen LogP contribution in [0.5, 0.6) is 0 Å². The number of aromatic amines is 1. The number of aryl methyl sites for hydroxylation is 1. The number of ketones is 1. The Hall–Kier alpha value is -1.71. The zero-order chi connectivity index (χ0) is 19.8. The van der Waals surface area contributed by atoms with Crippen LogP contribution in [-0.2, 0) is 14.8 Å². The number of H-pyrrole nitrogens is 1. The lowest BCUT2D eigenvalue weighted by atomic mass is 10.1. The minimum atomic E-state index is -3.47. The average Bonchev–Trinajstić information content (AvgIpc) is 2.96. The average molecular weight is 397 g/mol. The van der Waals surface area contributed by atoms with Crippen LogP contribution in [0.25, 0.3) is 0 Å². The number of nitrogens with one attached hydrogen (secondary N) is 1. The fraction of sp³-hybridized carbons (Fsp3) is 0.667. The van der Waals surface area contributed by atoms with Crippen LogP contribution in [0.2, 0.25) is 0 Å². The first-order valence-corrected chi connectivity index (χ1v) is 10.8. The van der Waals surface area contributed by atoms with Gasteiger partial charge < -0.3 is 14.6 Å². The molecule has 2 aliphatic heterocycles. The van der Waals surface area contributed by atoms with Crippen molar-refractivity contribution in [2.45, 2.75) is 38.9 Å². The number of nitrogens with zero attached hydrogens (tertiary/aromatic N) is 2. The first kappa shape index (κ1) is 20.0. The number of piperidine rings is 1. The van der Waals surface area contributed by atoms with E-state index < -0.39 is 15.3 Å². The second-order valence-corrected chi connectivity index (χ2v) is 9.47. The van der Waals surface area contributed by atoms with Gasteiger partial charge in [-0.3, -0.25) is 9.59 Å². The van der Waals surface area contributed by atoms with Crippen molar-refractivity contribution in [3.8, 4) is 0 Å². The molecular formula is C18H27N3O5S. The maximum absolute atomic E-state index is 13.0. The summed E-state index contributed by atoms with van der Waals surface area (Å²) >= 11 is 0. The fourth-order valence-electron chi connectivity index (χ4n) is 4.03. The van der Waals surface area contributed by atoms with E-state index in [4.69, 9.17) is 4.74 Å². The van der Waals surface area contributed by atoms with Crippen molar-refractivity contribution in [1.29, 1.82) is 0 Å². The Balaban J connectivity index is 1.79. The third kappa shape index (κ3) is 3.81. The molecule has 0 bridgehead atoms. The number of likely N-dealkylation sites (tertiary alicyclic amines) is 1. The van der Waals surface area contributed by atoms with E-state index in [1.165, 1.54) is 11.2 Å². The van der Waals surface area contributed by atoms with E-state index in [0.29, 0.717) is 68.2 Å². The van der Waals surface area contributed by atoms with E-state index in [0.717, 1.165) is 0 Å². The third-order valence-corrected chi connectivity index (χ3v) is 7.73. The van der Waals surface area contributed by atoms with E-state index in [2.05, 4.69) is 4.98 Å². The Morgan fingerprint density at radius 1 is 1.15 bits per heavy atom. The highest BCUT2D eigenvalue weighted by atomic mass is 32.2. The van der Waals surface area contributed by atoms with Crippen LogP contribution in [0.4, 0.5) is 0 Å². The zero-order valence-electron chi connectivity index (χ0n) is 16.1. The summed E-state index contributed by atoms with van der Waals surface area (Å²) < 4.78 is 32.6. The molecule has 150 valence electrons. The van der Waals surface area contributed by atoms with Crippen molar-refractivity contribution in [3.05, 3.63) is 22.5 Å². The van der Waals surface area contributed by atoms with Gasteiger partial charge in [0.1, 0.15) is 5.69 Å². The van der Waals surface area contributed by atoms with Gasteiger partial charge in [0.05, 0.1) is 18.5 Å². The number of hydrogen-bond donors (Lipinski definition) is 1. The molecular weight excluding hydrogens is 370 g/mol. The van der Waals surface area contributed by atoms with Gasteiger partial charge in [-0.15, -0.1) is 0 Å². The maximum Gasteiger partial charge on any atom is 0.270 e. The van der Waals surface area contributed by atoms with Crippen molar-refractivity contribution in [2.24, 2.45) is 0 Å². The molecule has 9 heteroatoms. The highest BCUT2D eigenvalue weighted by molar-refractivity contribution is 7.89. The summed E-state index contributed by atoms with van der Waals surface area (Å²) in [6.07, 6.45) is 1.18. The molecule has 2 saturated heterocycles. The van der Waals surface area contributed by atoms with Crippen LogP contribution >= 0.6 is 0 Å². The topological polar surface area (TPSA) is 99.8 Å². The summed E-state index contributed by atoms with van der Waals surface area (Å²) in [5, 5.41) is -0.600. The molecule has 0 saturated carbocycles. The molecule has 3 heterocycles. The van der Waals surface area contributed by atoms with E-state index >= 15 is 0 Å². The number of morpholine rings is 1. The van der Waals surface area contributed by atoms with Gasteiger partial charge >= 0.3 is 0 Å². The van der Waals surface area contributed by atoms with Crippen molar-refractivity contribution in [3.63, 3.8) is 0 Å². The first-order chi connectivity index (χ1) is 12.7. The Bertz CT molecular complexity index is 839. The Morgan fingerprint density at radius 3 is 2.41 bits per heavy atom. The zero-order valence-corrected chi connectivity index (χ0v) is 16.9.